The molecule has 1 fully saturated rings. The van der Waals surface area contributed by atoms with Crippen molar-refractivity contribution in [2.24, 2.45) is 4.99 Å². The predicted octanol–water partition coefficient (Wildman–Crippen LogP) is 4.38. The summed E-state index contributed by atoms with van der Waals surface area (Å²) in [4.78, 5) is 4.71. The molecule has 0 bridgehead atoms. The van der Waals surface area contributed by atoms with Crippen LogP contribution in [0.5, 0.6) is 11.5 Å². The molecular weight excluding hydrogens is 380 g/mol. The second-order valence-corrected chi connectivity index (χ2v) is 7.93. The molecule has 164 valence electrons. The van der Waals surface area contributed by atoms with Crippen molar-refractivity contribution in [2.45, 2.75) is 71.6 Å². The number of aromatic nitrogens is 1. The Labute approximate surface area is 179 Å². The Bertz CT molecular complexity index is 826. The van der Waals surface area contributed by atoms with Crippen molar-refractivity contribution in [1.82, 2.24) is 15.8 Å². The van der Waals surface area contributed by atoms with Gasteiger partial charge in [-0.1, -0.05) is 25.1 Å². The number of rotatable bonds is 9. The minimum atomic E-state index is 0.286. The molecule has 1 aromatic carbocycles. The molecule has 2 N–H and O–H groups in total. The van der Waals surface area contributed by atoms with Crippen LogP contribution in [0.1, 0.15) is 69.4 Å². The lowest BCUT2D eigenvalue weighted by molar-refractivity contribution is 0.200. The molecule has 7 nitrogen and oxygen atoms in total. The Morgan fingerprint density at radius 1 is 1.20 bits per heavy atom. The number of guanidine groups is 1. The smallest absolute Gasteiger partial charge is 0.191 e. The first kappa shape index (κ1) is 22.0. The zero-order valence-electron chi connectivity index (χ0n) is 18.5. The molecule has 0 unspecified atom stereocenters. The highest BCUT2D eigenvalue weighted by Gasteiger charge is 2.18. The van der Waals surface area contributed by atoms with Crippen molar-refractivity contribution in [3.05, 3.63) is 41.3 Å². The maximum absolute atomic E-state index is 6.20. The van der Waals surface area contributed by atoms with E-state index in [4.69, 9.17) is 19.0 Å². The predicted molar refractivity (Wildman–Crippen MR) is 118 cm³/mol. The van der Waals surface area contributed by atoms with Crippen LogP contribution in [0.3, 0.4) is 0 Å². The van der Waals surface area contributed by atoms with Gasteiger partial charge in [-0.15, -0.1) is 0 Å². The molecule has 3 rings (SSSR count). The summed E-state index contributed by atoms with van der Waals surface area (Å²) in [6, 6.07) is 8.00. The van der Waals surface area contributed by atoms with Gasteiger partial charge in [0, 0.05) is 12.6 Å². The fraction of sp³-hybridized carbons (Fsp3) is 0.565. The zero-order valence-corrected chi connectivity index (χ0v) is 18.5. The lowest BCUT2D eigenvalue weighted by Gasteiger charge is -2.16. The average Bonchev–Trinajstić information content (AvgIpc) is 3.42. The first-order valence-corrected chi connectivity index (χ1v) is 10.9. The number of nitrogens with zero attached hydrogens (tertiary/aromatic N) is 2. The zero-order chi connectivity index (χ0) is 21.3. The normalized spacial score (nSPS) is 14.9. The summed E-state index contributed by atoms with van der Waals surface area (Å²) in [5.74, 6) is 3.44. The molecule has 1 saturated carbocycles. The summed E-state index contributed by atoms with van der Waals surface area (Å²) < 4.78 is 17.1. The first-order valence-electron chi connectivity index (χ1n) is 10.9. The van der Waals surface area contributed by atoms with E-state index in [0.717, 1.165) is 53.9 Å². The van der Waals surface area contributed by atoms with E-state index in [1.165, 1.54) is 12.8 Å². The third-order valence-corrected chi connectivity index (χ3v) is 5.19. The summed E-state index contributed by atoms with van der Waals surface area (Å²) in [5.41, 5.74) is 2.03. The second-order valence-electron chi connectivity index (χ2n) is 7.93. The fourth-order valence-electron chi connectivity index (χ4n) is 3.46. The molecule has 0 atom stereocenters. The minimum Gasteiger partial charge on any atom is -0.493 e. The SMILES string of the molecule is CCNC(=NCc1ccc(OC)c(OC2CCCC2)c1)NCc1cc(C(C)C)no1. The van der Waals surface area contributed by atoms with Crippen molar-refractivity contribution >= 4 is 5.96 Å². The first-order chi connectivity index (χ1) is 14.6. The average molecular weight is 415 g/mol. The van der Waals surface area contributed by atoms with Crippen molar-refractivity contribution < 1.29 is 14.0 Å². The monoisotopic (exact) mass is 414 g/mol. The van der Waals surface area contributed by atoms with E-state index < -0.39 is 0 Å². The topological polar surface area (TPSA) is 80.9 Å². The molecule has 1 aliphatic rings. The number of hydrogen-bond acceptors (Lipinski definition) is 5. The van der Waals surface area contributed by atoms with Crippen molar-refractivity contribution in [2.75, 3.05) is 13.7 Å². The molecule has 1 heterocycles. The standard InChI is InChI=1S/C23H34N4O3/c1-5-24-23(26-15-19-13-20(16(2)3)27-30-19)25-14-17-10-11-21(28-4)22(12-17)29-18-8-6-7-9-18/h10-13,16,18H,5-9,14-15H2,1-4H3,(H2,24,25,26). The molecule has 2 aromatic rings. The van der Waals surface area contributed by atoms with Gasteiger partial charge in [0.15, 0.2) is 23.2 Å². The second kappa shape index (κ2) is 10.9. The number of methoxy groups -OCH3 is 1. The van der Waals surface area contributed by atoms with Crippen LogP contribution in [0.2, 0.25) is 0 Å². The fourth-order valence-corrected chi connectivity index (χ4v) is 3.46. The van der Waals surface area contributed by atoms with E-state index in [0.29, 0.717) is 19.0 Å². The van der Waals surface area contributed by atoms with Crippen LogP contribution in [-0.2, 0) is 13.1 Å². The van der Waals surface area contributed by atoms with Gasteiger partial charge in [0.1, 0.15) is 0 Å². The van der Waals surface area contributed by atoms with Gasteiger partial charge >= 0.3 is 0 Å². The number of aliphatic imine (C=N–C) groups is 1. The molecular formula is C23H34N4O3. The number of benzene rings is 1. The van der Waals surface area contributed by atoms with Crippen molar-refractivity contribution in [3.63, 3.8) is 0 Å². The molecule has 0 saturated heterocycles. The maximum Gasteiger partial charge on any atom is 0.191 e. The summed E-state index contributed by atoms with van der Waals surface area (Å²) >= 11 is 0. The molecule has 7 heteroatoms. The summed E-state index contributed by atoms with van der Waals surface area (Å²) in [5, 5.41) is 10.7. The third-order valence-electron chi connectivity index (χ3n) is 5.19. The van der Waals surface area contributed by atoms with Gasteiger partial charge in [-0.25, -0.2) is 4.99 Å². The van der Waals surface area contributed by atoms with E-state index in [2.05, 4.69) is 29.6 Å². The molecule has 0 spiro atoms. The van der Waals surface area contributed by atoms with Gasteiger partial charge in [0.25, 0.3) is 0 Å². The van der Waals surface area contributed by atoms with Gasteiger partial charge in [-0.3, -0.25) is 0 Å². The summed E-state index contributed by atoms with van der Waals surface area (Å²) in [6.45, 7) is 8.08. The number of hydrogen-bond donors (Lipinski definition) is 2. The van der Waals surface area contributed by atoms with E-state index in [1.807, 2.05) is 31.2 Å². The molecule has 30 heavy (non-hydrogen) atoms. The summed E-state index contributed by atoms with van der Waals surface area (Å²) in [7, 11) is 1.68. The number of ether oxygens (including phenoxy) is 2. The van der Waals surface area contributed by atoms with E-state index in [9.17, 15) is 0 Å². The van der Waals surface area contributed by atoms with Gasteiger partial charge in [0.05, 0.1) is 32.0 Å². The lowest BCUT2D eigenvalue weighted by atomic mass is 10.1. The van der Waals surface area contributed by atoms with E-state index in [-0.39, 0.29) is 6.10 Å². The van der Waals surface area contributed by atoms with Gasteiger partial charge in [-0.05, 0) is 56.2 Å². The highest BCUT2D eigenvalue weighted by Crippen LogP contribution is 2.32. The molecule has 1 aromatic heterocycles. The maximum atomic E-state index is 6.20. The molecule has 0 aliphatic heterocycles. The Morgan fingerprint density at radius 2 is 2.00 bits per heavy atom. The van der Waals surface area contributed by atoms with Crippen LogP contribution in [0.4, 0.5) is 0 Å². The van der Waals surface area contributed by atoms with Gasteiger partial charge in [-0.2, -0.15) is 0 Å². The Morgan fingerprint density at radius 3 is 2.67 bits per heavy atom. The van der Waals surface area contributed by atoms with Crippen LogP contribution in [0.15, 0.2) is 33.8 Å². The summed E-state index contributed by atoms with van der Waals surface area (Å²) in [6.07, 6.45) is 4.98. The van der Waals surface area contributed by atoms with Crippen LogP contribution in [0, 0.1) is 0 Å². The molecule has 1 aliphatic carbocycles. The molecule has 0 amide bonds. The van der Waals surface area contributed by atoms with Crippen LogP contribution < -0.4 is 20.1 Å². The van der Waals surface area contributed by atoms with E-state index >= 15 is 0 Å². The van der Waals surface area contributed by atoms with E-state index in [1.54, 1.807) is 7.11 Å². The Hall–Kier alpha value is -2.70. The minimum absolute atomic E-state index is 0.286. The van der Waals surface area contributed by atoms with Gasteiger partial charge in [0.2, 0.25) is 0 Å². The van der Waals surface area contributed by atoms with Crippen LogP contribution >= 0.6 is 0 Å². The van der Waals surface area contributed by atoms with Crippen LogP contribution in [-0.4, -0.2) is 30.9 Å². The van der Waals surface area contributed by atoms with Crippen LogP contribution in [0.25, 0.3) is 0 Å². The Balaban J connectivity index is 1.64. The quantitative estimate of drug-likeness (QED) is 0.468. The molecule has 0 radical (unpaired) electrons. The highest BCUT2D eigenvalue weighted by atomic mass is 16.5. The lowest BCUT2D eigenvalue weighted by Crippen LogP contribution is -2.36. The Kier molecular flexibility index (Phi) is 7.99. The number of nitrogens with one attached hydrogen (secondary N) is 2. The highest BCUT2D eigenvalue weighted by molar-refractivity contribution is 5.79. The van der Waals surface area contributed by atoms with Crippen molar-refractivity contribution in [3.8, 4) is 11.5 Å². The van der Waals surface area contributed by atoms with Crippen molar-refractivity contribution in [1.29, 1.82) is 0 Å². The third kappa shape index (κ3) is 6.15. The largest absolute Gasteiger partial charge is 0.493 e. The van der Waals surface area contributed by atoms with Gasteiger partial charge < -0.3 is 24.6 Å².